The molecule has 0 aromatic carbocycles. The quantitative estimate of drug-likeness (QED) is 0.207. The second kappa shape index (κ2) is 12.9. The summed E-state index contributed by atoms with van der Waals surface area (Å²) in [7, 11) is 2.08. The van der Waals surface area contributed by atoms with Crippen LogP contribution in [0.2, 0.25) is 0 Å². The fourth-order valence-electron chi connectivity index (χ4n) is 2.82. The Balaban J connectivity index is 0.00000338. The van der Waals surface area contributed by atoms with Gasteiger partial charge in [-0.2, -0.15) is 0 Å². The molecular weight excluding hydrogens is 441 g/mol. The molecule has 0 atom stereocenters. The molecule has 1 saturated heterocycles. The summed E-state index contributed by atoms with van der Waals surface area (Å²) in [5.41, 5.74) is 1.15. The highest BCUT2D eigenvalue weighted by Crippen LogP contribution is 2.19. The van der Waals surface area contributed by atoms with Gasteiger partial charge < -0.3 is 19.9 Å². The Morgan fingerprint density at radius 1 is 1.46 bits per heavy atom. The van der Waals surface area contributed by atoms with E-state index in [0.29, 0.717) is 6.54 Å². The third-order valence-corrected chi connectivity index (χ3v) is 4.18. The van der Waals surface area contributed by atoms with E-state index in [1.54, 1.807) is 0 Å². The molecule has 146 valence electrons. The van der Waals surface area contributed by atoms with E-state index in [9.17, 15) is 0 Å². The van der Waals surface area contributed by atoms with Crippen LogP contribution in [0.15, 0.2) is 36.0 Å². The second-order valence-electron chi connectivity index (χ2n) is 6.11. The van der Waals surface area contributed by atoms with Crippen LogP contribution in [0.25, 0.3) is 0 Å². The fraction of sp³-hybridized carbons (Fsp3) is 0.579. The SMILES string of the molecule is C=CCCCN(C)C(=NCc1cccnc1N1CCOCC1)NCC.I. The van der Waals surface area contributed by atoms with Gasteiger partial charge in [-0.3, -0.25) is 0 Å². The minimum absolute atomic E-state index is 0. The standard InChI is InChI=1S/C19H31N5O.HI/c1-4-6-7-11-23(3)19(20-5-2)22-16-17-9-8-10-21-18(17)24-12-14-25-15-13-24;/h4,8-10H,1,5-7,11-16H2,2-3H3,(H,20,22);1H. The lowest BCUT2D eigenvalue weighted by Crippen LogP contribution is -2.39. The lowest BCUT2D eigenvalue weighted by molar-refractivity contribution is 0.122. The van der Waals surface area contributed by atoms with Gasteiger partial charge in [-0.15, -0.1) is 30.6 Å². The number of anilines is 1. The van der Waals surface area contributed by atoms with Gasteiger partial charge in [0.25, 0.3) is 0 Å². The van der Waals surface area contributed by atoms with Crippen LogP contribution >= 0.6 is 24.0 Å². The molecule has 26 heavy (non-hydrogen) atoms. The van der Waals surface area contributed by atoms with Gasteiger partial charge in [0.2, 0.25) is 0 Å². The number of nitrogens with one attached hydrogen (secondary N) is 1. The van der Waals surface area contributed by atoms with Gasteiger partial charge in [0, 0.05) is 45.0 Å². The first-order chi connectivity index (χ1) is 12.3. The Kier molecular flexibility index (Phi) is 11.3. The van der Waals surface area contributed by atoms with Crippen molar-refractivity contribution in [3.8, 4) is 0 Å². The van der Waals surface area contributed by atoms with Crippen molar-refractivity contribution < 1.29 is 4.74 Å². The molecule has 2 rings (SSSR count). The third kappa shape index (κ3) is 7.11. The van der Waals surface area contributed by atoms with Crippen molar-refractivity contribution in [3.05, 3.63) is 36.5 Å². The van der Waals surface area contributed by atoms with E-state index in [1.165, 1.54) is 0 Å². The van der Waals surface area contributed by atoms with Gasteiger partial charge in [0.15, 0.2) is 5.96 Å². The Hall–Kier alpha value is -1.35. The number of nitrogens with zero attached hydrogens (tertiary/aromatic N) is 4. The van der Waals surface area contributed by atoms with Crippen molar-refractivity contribution in [2.24, 2.45) is 4.99 Å². The summed E-state index contributed by atoms with van der Waals surface area (Å²) in [5.74, 6) is 1.96. The van der Waals surface area contributed by atoms with Crippen LogP contribution < -0.4 is 10.2 Å². The normalized spacial score (nSPS) is 14.5. The van der Waals surface area contributed by atoms with E-state index >= 15 is 0 Å². The highest BCUT2D eigenvalue weighted by Gasteiger charge is 2.16. The Morgan fingerprint density at radius 2 is 2.23 bits per heavy atom. The van der Waals surface area contributed by atoms with Crippen molar-refractivity contribution in [2.45, 2.75) is 26.3 Å². The zero-order chi connectivity index (χ0) is 17.9. The summed E-state index contributed by atoms with van der Waals surface area (Å²) in [5, 5.41) is 3.37. The van der Waals surface area contributed by atoms with E-state index < -0.39 is 0 Å². The molecule has 1 fully saturated rings. The number of aliphatic imine (C=N–C) groups is 1. The number of halogens is 1. The monoisotopic (exact) mass is 473 g/mol. The summed E-state index contributed by atoms with van der Waals surface area (Å²) in [6.07, 6.45) is 5.91. The van der Waals surface area contributed by atoms with Gasteiger partial charge in [0.05, 0.1) is 19.8 Å². The number of ether oxygens (including phenoxy) is 1. The Bertz CT molecular complexity index is 561. The molecule has 1 aromatic heterocycles. The molecule has 1 aliphatic heterocycles. The molecule has 0 bridgehead atoms. The minimum Gasteiger partial charge on any atom is -0.378 e. The molecule has 1 N–H and O–H groups in total. The maximum absolute atomic E-state index is 5.45. The maximum atomic E-state index is 5.45. The summed E-state index contributed by atoms with van der Waals surface area (Å²) in [4.78, 5) is 13.9. The van der Waals surface area contributed by atoms with Crippen LogP contribution in [0.5, 0.6) is 0 Å². The lowest BCUT2D eigenvalue weighted by atomic mass is 10.2. The first kappa shape index (κ1) is 22.7. The molecule has 1 aromatic rings. The number of morpholine rings is 1. The number of pyridine rings is 1. The van der Waals surface area contributed by atoms with Gasteiger partial charge in [0.1, 0.15) is 5.82 Å². The molecule has 7 heteroatoms. The van der Waals surface area contributed by atoms with Crippen molar-refractivity contribution in [1.29, 1.82) is 0 Å². The zero-order valence-corrected chi connectivity index (χ0v) is 18.3. The number of allylic oxidation sites excluding steroid dienone is 1. The fourth-order valence-corrected chi connectivity index (χ4v) is 2.82. The largest absolute Gasteiger partial charge is 0.378 e. The topological polar surface area (TPSA) is 53.0 Å². The summed E-state index contributed by atoms with van der Waals surface area (Å²) >= 11 is 0. The highest BCUT2D eigenvalue weighted by atomic mass is 127. The summed E-state index contributed by atoms with van der Waals surface area (Å²) < 4.78 is 5.45. The molecule has 0 saturated carbocycles. The first-order valence-corrected chi connectivity index (χ1v) is 9.13. The van der Waals surface area contributed by atoms with Crippen molar-refractivity contribution in [1.82, 2.24) is 15.2 Å². The van der Waals surface area contributed by atoms with Crippen LogP contribution in [0.3, 0.4) is 0 Å². The van der Waals surface area contributed by atoms with Crippen molar-refractivity contribution in [3.63, 3.8) is 0 Å². The minimum atomic E-state index is 0. The van der Waals surface area contributed by atoms with Gasteiger partial charge in [-0.25, -0.2) is 9.98 Å². The number of hydrogen-bond acceptors (Lipinski definition) is 4. The average Bonchev–Trinajstić information content (AvgIpc) is 2.66. The molecule has 0 aliphatic carbocycles. The molecule has 0 spiro atoms. The highest BCUT2D eigenvalue weighted by molar-refractivity contribution is 14.0. The zero-order valence-electron chi connectivity index (χ0n) is 16.0. The average molecular weight is 473 g/mol. The van der Waals surface area contributed by atoms with E-state index in [4.69, 9.17) is 9.73 Å². The van der Waals surface area contributed by atoms with Crippen LogP contribution in [-0.2, 0) is 11.3 Å². The Morgan fingerprint density at radius 3 is 2.92 bits per heavy atom. The van der Waals surface area contributed by atoms with Gasteiger partial charge >= 0.3 is 0 Å². The van der Waals surface area contributed by atoms with Crippen LogP contribution in [0.1, 0.15) is 25.3 Å². The predicted molar refractivity (Wildman–Crippen MR) is 120 cm³/mol. The van der Waals surface area contributed by atoms with Crippen LogP contribution in [0.4, 0.5) is 5.82 Å². The summed E-state index contributed by atoms with van der Waals surface area (Å²) in [6, 6.07) is 4.10. The molecule has 0 radical (unpaired) electrons. The predicted octanol–water partition coefficient (Wildman–Crippen LogP) is 2.90. The van der Waals surface area contributed by atoms with E-state index in [-0.39, 0.29) is 24.0 Å². The van der Waals surface area contributed by atoms with Crippen molar-refractivity contribution in [2.75, 3.05) is 51.3 Å². The number of aromatic nitrogens is 1. The second-order valence-corrected chi connectivity index (χ2v) is 6.11. The number of unbranched alkanes of at least 4 members (excludes halogenated alkanes) is 1. The van der Waals surface area contributed by atoms with Gasteiger partial charge in [-0.1, -0.05) is 12.1 Å². The molecule has 2 heterocycles. The van der Waals surface area contributed by atoms with Crippen LogP contribution in [-0.4, -0.2) is 62.3 Å². The maximum Gasteiger partial charge on any atom is 0.193 e. The lowest BCUT2D eigenvalue weighted by Gasteiger charge is -2.29. The van der Waals surface area contributed by atoms with E-state index in [1.807, 2.05) is 18.3 Å². The van der Waals surface area contributed by atoms with Crippen molar-refractivity contribution >= 4 is 35.8 Å². The van der Waals surface area contributed by atoms with E-state index in [0.717, 1.165) is 69.6 Å². The number of hydrogen-bond donors (Lipinski definition) is 1. The molecule has 0 amide bonds. The summed E-state index contributed by atoms with van der Waals surface area (Å²) in [6.45, 7) is 11.6. The molecular formula is C19H32IN5O. The van der Waals surface area contributed by atoms with Crippen LogP contribution in [0, 0.1) is 0 Å². The first-order valence-electron chi connectivity index (χ1n) is 9.13. The van der Waals surface area contributed by atoms with E-state index in [2.05, 4.69) is 46.7 Å². The Labute approximate surface area is 174 Å². The third-order valence-electron chi connectivity index (χ3n) is 4.18. The number of rotatable bonds is 8. The smallest absolute Gasteiger partial charge is 0.193 e. The van der Waals surface area contributed by atoms with Gasteiger partial charge in [-0.05, 0) is 25.8 Å². The molecule has 1 aliphatic rings. The number of guanidine groups is 1. The molecule has 6 nitrogen and oxygen atoms in total. The molecule has 0 unspecified atom stereocenters.